The van der Waals surface area contributed by atoms with Gasteiger partial charge in [0, 0.05) is 17.8 Å². The fourth-order valence-electron chi connectivity index (χ4n) is 5.89. The Bertz CT molecular complexity index is 1390. The number of para-hydroxylation sites is 1. The smallest absolute Gasteiger partial charge is 0.318 e. The molecule has 37 heavy (non-hydrogen) atoms. The maximum atomic E-state index is 14.0. The molecule has 6 heteroatoms. The van der Waals surface area contributed by atoms with E-state index in [4.69, 9.17) is 5.10 Å². The highest BCUT2D eigenvalue weighted by Gasteiger charge is 2.36. The molecule has 0 unspecified atom stereocenters. The van der Waals surface area contributed by atoms with Crippen molar-refractivity contribution in [1.82, 2.24) is 24.6 Å². The zero-order valence-electron chi connectivity index (χ0n) is 21.9. The molecule has 6 nitrogen and oxygen atoms in total. The molecule has 2 amide bonds. The molecule has 0 spiro atoms. The number of amides is 2. The van der Waals surface area contributed by atoms with Crippen molar-refractivity contribution in [2.75, 3.05) is 0 Å². The van der Waals surface area contributed by atoms with E-state index in [0.717, 1.165) is 46.9 Å². The van der Waals surface area contributed by atoms with Crippen LogP contribution in [0.5, 0.6) is 0 Å². The molecule has 2 aromatic heterocycles. The summed E-state index contributed by atoms with van der Waals surface area (Å²) in [6.45, 7) is 6.96. The second-order valence-corrected chi connectivity index (χ2v) is 10.7. The number of carbonyl (C=O) groups is 1. The largest absolute Gasteiger partial charge is 0.335 e. The second-order valence-electron chi connectivity index (χ2n) is 10.7. The van der Waals surface area contributed by atoms with Crippen LogP contribution in [0.3, 0.4) is 0 Å². The Morgan fingerprint density at radius 3 is 2.41 bits per heavy atom. The van der Waals surface area contributed by atoms with Crippen molar-refractivity contribution < 1.29 is 4.79 Å². The summed E-state index contributed by atoms with van der Waals surface area (Å²) in [4.78, 5) is 16.0. The molecule has 2 aromatic carbocycles. The SMILES string of the molecule is Cc1nn(-c2ccccc2)c2c1CN(C(=O)NC1CCCC1)[C@@H](c1ccc(C(C)C)cc1)c1cccn1-2. The van der Waals surface area contributed by atoms with Crippen LogP contribution in [0.15, 0.2) is 72.9 Å². The Hall–Kier alpha value is -3.80. The van der Waals surface area contributed by atoms with Gasteiger partial charge in [-0.25, -0.2) is 9.48 Å². The van der Waals surface area contributed by atoms with E-state index in [-0.39, 0.29) is 18.1 Å². The highest BCUT2D eigenvalue weighted by Crippen LogP contribution is 2.39. The molecule has 0 bridgehead atoms. The number of aromatic nitrogens is 3. The highest BCUT2D eigenvalue weighted by molar-refractivity contribution is 5.76. The van der Waals surface area contributed by atoms with Crippen LogP contribution < -0.4 is 5.32 Å². The monoisotopic (exact) mass is 493 g/mol. The lowest BCUT2D eigenvalue weighted by Gasteiger charge is -2.32. The van der Waals surface area contributed by atoms with Gasteiger partial charge in [-0.15, -0.1) is 0 Å². The molecule has 1 aliphatic heterocycles. The Kier molecular flexibility index (Phi) is 6.11. The lowest BCUT2D eigenvalue weighted by molar-refractivity contribution is 0.176. The third-order valence-corrected chi connectivity index (χ3v) is 7.95. The lowest BCUT2D eigenvalue weighted by Crippen LogP contribution is -2.45. The van der Waals surface area contributed by atoms with Crippen LogP contribution in [0.2, 0.25) is 0 Å². The van der Waals surface area contributed by atoms with Crippen molar-refractivity contribution in [2.45, 2.75) is 71.0 Å². The minimum absolute atomic E-state index is 0.00250. The van der Waals surface area contributed by atoms with Gasteiger partial charge in [0.05, 0.1) is 29.7 Å². The van der Waals surface area contributed by atoms with Crippen molar-refractivity contribution in [3.63, 3.8) is 0 Å². The van der Waals surface area contributed by atoms with Gasteiger partial charge in [0.2, 0.25) is 0 Å². The van der Waals surface area contributed by atoms with Crippen LogP contribution in [-0.4, -0.2) is 31.3 Å². The Balaban J connectivity index is 1.51. The van der Waals surface area contributed by atoms with Crippen molar-refractivity contribution >= 4 is 6.03 Å². The van der Waals surface area contributed by atoms with E-state index in [1.165, 1.54) is 18.4 Å². The summed E-state index contributed by atoms with van der Waals surface area (Å²) >= 11 is 0. The van der Waals surface area contributed by atoms with Gasteiger partial charge in [0.25, 0.3) is 0 Å². The second kappa shape index (κ2) is 9.58. The number of nitrogens with one attached hydrogen (secondary N) is 1. The predicted octanol–water partition coefficient (Wildman–Crippen LogP) is 6.65. The fraction of sp³-hybridized carbons (Fsp3) is 0.355. The molecule has 1 N–H and O–H groups in total. The van der Waals surface area contributed by atoms with Crippen LogP contribution in [0.1, 0.15) is 79.6 Å². The van der Waals surface area contributed by atoms with E-state index in [1.54, 1.807) is 0 Å². The minimum Gasteiger partial charge on any atom is -0.335 e. The molecular weight excluding hydrogens is 458 g/mol. The fourth-order valence-corrected chi connectivity index (χ4v) is 5.89. The number of hydrogen-bond acceptors (Lipinski definition) is 2. The quantitative estimate of drug-likeness (QED) is 0.346. The molecule has 1 fully saturated rings. The zero-order valence-corrected chi connectivity index (χ0v) is 21.9. The van der Waals surface area contributed by atoms with Crippen LogP contribution in [-0.2, 0) is 6.54 Å². The number of carbonyl (C=O) groups excluding carboxylic acids is 1. The van der Waals surface area contributed by atoms with E-state index in [1.807, 2.05) is 34.7 Å². The summed E-state index contributed by atoms with van der Waals surface area (Å²) in [5.41, 5.74) is 6.50. The molecule has 0 radical (unpaired) electrons. The summed E-state index contributed by atoms with van der Waals surface area (Å²) in [5.74, 6) is 1.46. The molecule has 3 heterocycles. The number of rotatable bonds is 4. The van der Waals surface area contributed by atoms with Crippen molar-refractivity contribution in [2.24, 2.45) is 0 Å². The van der Waals surface area contributed by atoms with E-state index in [0.29, 0.717) is 12.5 Å². The van der Waals surface area contributed by atoms with Gasteiger partial charge in [-0.3, -0.25) is 0 Å². The van der Waals surface area contributed by atoms with Gasteiger partial charge in [-0.1, -0.05) is 69.2 Å². The average Bonchev–Trinajstić information content (AvgIpc) is 3.64. The number of hydrogen-bond donors (Lipinski definition) is 1. The zero-order chi connectivity index (χ0) is 25.5. The van der Waals surface area contributed by atoms with Crippen molar-refractivity contribution in [3.05, 3.63) is 101 Å². The van der Waals surface area contributed by atoms with Crippen molar-refractivity contribution in [1.29, 1.82) is 0 Å². The standard InChI is InChI=1S/C31H35N5O/c1-21(2)23-15-17-24(18-16-23)29-28-14-9-19-34(28)30-27(20-35(29)31(37)32-25-10-7-8-11-25)22(3)33-36(30)26-12-5-4-6-13-26/h4-6,9,12-19,21,25,29H,7-8,10-11,20H2,1-3H3,(H,32,37)/t29-/m0/s1. The first-order chi connectivity index (χ1) is 18.0. The number of aryl methyl sites for hydroxylation is 1. The lowest BCUT2D eigenvalue weighted by atomic mass is 9.97. The first-order valence-electron chi connectivity index (χ1n) is 13.5. The topological polar surface area (TPSA) is 55.1 Å². The summed E-state index contributed by atoms with van der Waals surface area (Å²) < 4.78 is 4.25. The van der Waals surface area contributed by atoms with Crippen LogP contribution in [0.4, 0.5) is 4.79 Å². The molecule has 1 atom stereocenters. The van der Waals surface area contributed by atoms with Crippen molar-refractivity contribution in [3.8, 4) is 11.5 Å². The molecule has 0 saturated heterocycles. The van der Waals surface area contributed by atoms with E-state index < -0.39 is 0 Å². The molecule has 4 aromatic rings. The molecule has 1 saturated carbocycles. The Labute approximate surface area is 218 Å². The number of fused-ring (bicyclic) bond motifs is 3. The molecule has 190 valence electrons. The van der Waals surface area contributed by atoms with Gasteiger partial charge in [-0.05, 0) is 61.1 Å². The van der Waals surface area contributed by atoms with Gasteiger partial charge >= 0.3 is 6.03 Å². The molecule has 6 rings (SSSR count). The Morgan fingerprint density at radius 1 is 0.973 bits per heavy atom. The van der Waals surface area contributed by atoms with Crippen LogP contribution >= 0.6 is 0 Å². The molecule has 1 aliphatic carbocycles. The predicted molar refractivity (Wildman–Crippen MR) is 146 cm³/mol. The van der Waals surface area contributed by atoms with Gasteiger partial charge in [-0.2, -0.15) is 5.10 Å². The first-order valence-corrected chi connectivity index (χ1v) is 13.5. The van der Waals surface area contributed by atoms with E-state index >= 15 is 0 Å². The van der Waals surface area contributed by atoms with E-state index in [2.05, 4.69) is 78.5 Å². The number of nitrogens with zero attached hydrogens (tertiary/aromatic N) is 4. The molecular formula is C31H35N5O. The minimum atomic E-state index is -0.214. The van der Waals surface area contributed by atoms with Gasteiger partial charge in [0.1, 0.15) is 5.82 Å². The number of urea groups is 1. The van der Waals surface area contributed by atoms with Gasteiger partial charge < -0.3 is 14.8 Å². The third-order valence-electron chi connectivity index (χ3n) is 7.95. The Morgan fingerprint density at radius 2 is 1.70 bits per heavy atom. The maximum absolute atomic E-state index is 14.0. The summed E-state index contributed by atoms with van der Waals surface area (Å²) in [5, 5.41) is 8.31. The maximum Gasteiger partial charge on any atom is 0.318 e. The molecule has 2 aliphatic rings. The summed E-state index contributed by atoms with van der Waals surface area (Å²) in [7, 11) is 0. The van der Waals surface area contributed by atoms with Gasteiger partial charge in [0.15, 0.2) is 0 Å². The summed E-state index contributed by atoms with van der Waals surface area (Å²) in [6, 6.07) is 23.3. The van der Waals surface area contributed by atoms with E-state index in [9.17, 15) is 4.79 Å². The summed E-state index contributed by atoms with van der Waals surface area (Å²) in [6.07, 6.45) is 6.57. The van der Waals surface area contributed by atoms with Crippen LogP contribution in [0, 0.1) is 6.92 Å². The normalized spacial score (nSPS) is 17.5. The first kappa shape index (κ1) is 23.6. The number of benzene rings is 2. The van der Waals surface area contributed by atoms with Crippen LogP contribution in [0.25, 0.3) is 11.5 Å². The highest BCUT2D eigenvalue weighted by atomic mass is 16.2. The third kappa shape index (κ3) is 4.24. The average molecular weight is 494 g/mol.